The molecule has 236 valence electrons. The monoisotopic (exact) mass is 551 g/mol. The van der Waals surface area contributed by atoms with Gasteiger partial charge in [-0.2, -0.15) is 0 Å². The van der Waals surface area contributed by atoms with Gasteiger partial charge in [0.25, 0.3) is 0 Å². The lowest BCUT2D eigenvalue weighted by Crippen LogP contribution is -2.41. The average Bonchev–Trinajstić information content (AvgIpc) is 2.92. The Hall–Kier alpha value is -0.0400. The topological polar surface area (TPSA) is 0 Å². The summed E-state index contributed by atoms with van der Waals surface area (Å²) in [7, 11) is 4.94. The minimum Gasteiger partial charge on any atom is -0.328 e. The van der Waals surface area contributed by atoms with Crippen molar-refractivity contribution in [1.29, 1.82) is 0 Å². The fraction of sp³-hybridized carbons (Fsp3) is 1.00. The number of hydrogen-bond donors (Lipinski definition) is 0. The van der Waals surface area contributed by atoms with Gasteiger partial charge in [-0.1, -0.05) is 194 Å². The highest BCUT2D eigenvalue weighted by Crippen LogP contribution is 2.16. The van der Waals surface area contributed by atoms with Crippen molar-refractivity contribution in [3.8, 4) is 0 Å². The molecule has 0 spiro atoms. The summed E-state index contributed by atoms with van der Waals surface area (Å²) in [4.78, 5) is 0. The van der Waals surface area contributed by atoms with E-state index in [0.717, 1.165) is 0 Å². The minimum absolute atomic E-state index is 1.25. The first-order valence-corrected chi connectivity index (χ1v) is 18.9. The van der Waals surface area contributed by atoms with Gasteiger partial charge < -0.3 is 4.48 Å². The van der Waals surface area contributed by atoms with Crippen molar-refractivity contribution >= 4 is 0 Å². The molecule has 1 heteroatoms. The van der Waals surface area contributed by atoms with Crippen LogP contribution in [0.25, 0.3) is 0 Å². The summed E-state index contributed by atoms with van der Waals surface area (Å²) in [6.07, 6.45) is 46.9. The molecule has 39 heavy (non-hydrogen) atoms. The second-order valence-electron chi connectivity index (χ2n) is 14.0. The molecule has 0 unspecified atom stereocenters. The maximum atomic E-state index is 2.47. The van der Waals surface area contributed by atoms with Gasteiger partial charge in [0.2, 0.25) is 0 Å². The fourth-order valence-electron chi connectivity index (χ4n) is 6.29. The Labute approximate surface area is 250 Å². The molecule has 0 aromatic rings. The molecule has 0 radical (unpaired) electrons. The molecule has 0 aromatic heterocycles. The quantitative estimate of drug-likeness (QED) is 0.0552. The van der Waals surface area contributed by atoms with Crippen molar-refractivity contribution in [2.24, 2.45) is 0 Å². The Bertz CT molecular complexity index is 428. The van der Waals surface area contributed by atoms with E-state index in [1.54, 1.807) is 0 Å². The van der Waals surface area contributed by atoms with E-state index >= 15 is 0 Å². The molecule has 0 saturated heterocycles. The number of rotatable bonds is 34. The summed E-state index contributed by atoms with van der Waals surface area (Å²) >= 11 is 0. The molecule has 0 N–H and O–H groups in total. The number of hydrogen-bond acceptors (Lipinski definition) is 0. The Morgan fingerprint density at radius 2 is 0.385 bits per heavy atom. The van der Waals surface area contributed by atoms with Gasteiger partial charge in [0.15, 0.2) is 0 Å². The van der Waals surface area contributed by atoms with Crippen LogP contribution in [-0.4, -0.2) is 31.7 Å². The summed E-state index contributed by atoms with van der Waals surface area (Å²) in [5.41, 5.74) is 0. The van der Waals surface area contributed by atoms with Crippen molar-refractivity contribution in [3.05, 3.63) is 0 Å². The van der Waals surface area contributed by atoms with Crippen LogP contribution in [0.4, 0.5) is 0 Å². The van der Waals surface area contributed by atoms with E-state index in [1.165, 1.54) is 223 Å². The highest BCUT2D eigenvalue weighted by molar-refractivity contribution is 4.52. The van der Waals surface area contributed by atoms with Gasteiger partial charge >= 0.3 is 0 Å². The summed E-state index contributed by atoms with van der Waals surface area (Å²) in [5.74, 6) is 0. The zero-order valence-electron chi connectivity index (χ0n) is 28.5. The predicted molar refractivity (Wildman–Crippen MR) is 181 cm³/mol. The molecule has 0 aliphatic carbocycles. The maximum Gasteiger partial charge on any atom is 0.0782 e. The normalized spacial score (nSPS) is 12.0. The molecule has 1 nitrogen and oxygen atoms in total. The average molecular weight is 551 g/mol. The van der Waals surface area contributed by atoms with Crippen LogP contribution in [-0.2, 0) is 0 Å². The Balaban J connectivity index is 3.26. The van der Waals surface area contributed by atoms with Crippen LogP contribution < -0.4 is 0 Å². The first kappa shape index (κ1) is 39.0. The Morgan fingerprint density at radius 3 is 0.564 bits per heavy atom. The van der Waals surface area contributed by atoms with Crippen molar-refractivity contribution < 1.29 is 4.48 Å². The van der Waals surface area contributed by atoms with E-state index in [1.807, 2.05) is 0 Å². The van der Waals surface area contributed by atoms with Crippen LogP contribution in [0.2, 0.25) is 0 Å². The molecular formula is C38H80N+. The van der Waals surface area contributed by atoms with E-state index < -0.39 is 0 Å². The van der Waals surface area contributed by atoms with Crippen LogP contribution >= 0.6 is 0 Å². The van der Waals surface area contributed by atoms with Crippen LogP contribution in [0.1, 0.15) is 219 Å². The second kappa shape index (κ2) is 32.5. The summed E-state index contributed by atoms with van der Waals surface area (Å²) in [6, 6.07) is 0. The van der Waals surface area contributed by atoms with Crippen molar-refractivity contribution in [2.75, 3.05) is 27.2 Å². The Morgan fingerprint density at radius 1 is 0.231 bits per heavy atom. The second-order valence-corrected chi connectivity index (χ2v) is 14.0. The van der Waals surface area contributed by atoms with E-state index in [2.05, 4.69) is 27.9 Å². The number of nitrogens with zero attached hydrogens (tertiary/aromatic N) is 1. The summed E-state index contributed by atoms with van der Waals surface area (Å²) in [6.45, 7) is 7.39. The lowest BCUT2D eigenvalue weighted by molar-refractivity contribution is -0.890. The predicted octanol–water partition coefficient (Wildman–Crippen LogP) is 13.6. The highest BCUT2D eigenvalue weighted by atomic mass is 15.3. The van der Waals surface area contributed by atoms with E-state index in [4.69, 9.17) is 0 Å². The van der Waals surface area contributed by atoms with Crippen LogP contribution in [0.3, 0.4) is 0 Å². The highest BCUT2D eigenvalue weighted by Gasteiger charge is 2.13. The number of unbranched alkanes of at least 4 members (excludes halogenated alkanes) is 30. The molecule has 0 aliphatic heterocycles. The third-order valence-electron chi connectivity index (χ3n) is 9.23. The van der Waals surface area contributed by atoms with Crippen LogP contribution in [0.5, 0.6) is 0 Å². The molecule has 0 atom stereocenters. The number of quaternary nitrogens is 1. The fourth-order valence-corrected chi connectivity index (χ4v) is 6.29. The van der Waals surface area contributed by atoms with Gasteiger partial charge in [-0.05, 0) is 25.7 Å². The van der Waals surface area contributed by atoms with E-state index in [-0.39, 0.29) is 0 Å². The third-order valence-corrected chi connectivity index (χ3v) is 9.23. The van der Waals surface area contributed by atoms with Gasteiger partial charge in [-0.3, -0.25) is 0 Å². The van der Waals surface area contributed by atoms with Gasteiger partial charge in [0.1, 0.15) is 0 Å². The van der Waals surface area contributed by atoms with E-state index in [0.29, 0.717) is 0 Å². The van der Waals surface area contributed by atoms with Gasteiger partial charge in [0, 0.05) is 0 Å². The Kier molecular flexibility index (Phi) is 32.4. The van der Waals surface area contributed by atoms with Crippen LogP contribution in [0.15, 0.2) is 0 Å². The minimum atomic E-state index is 1.25. The van der Waals surface area contributed by atoms with Gasteiger partial charge in [-0.15, -0.1) is 0 Å². The zero-order chi connectivity index (χ0) is 28.5. The SMILES string of the molecule is CCCCCCCCCCCCCCCCCCC[N+](C)(C)CCCCCCCCCCCCCCCCC. The van der Waals surface area contributed by atoms with Crippen molar-refractivity contribution in [1.82, 2.24) is 0 Å². The standard InChI is InChI=1S/C38H80N/c1-5-7-9-11-13-15-17-19-21-22-24-26-28-30-32-34-36-38-39(3,4)37-35-33-31-29-27-25-23-20-18-16-14-12-10-8-6-2/h5-38H2,1-4H3/q+1. The van der Waals surface area contributed by atoms with Gasteiger partial charge in [-0.25, -0.2) is 0 Å². The first-order valence-electron chi connectivity index (χ1n) is 18.9. The molecule has 0 aromatic carbocycles. The zero-order valence-corrected chi connectivity index (χ0v) is 28.5. The van der Waals surface area contributed by atoms with Crippen molar-refractivity contribution in [3.63, 3.8) is 0 Å². The van der Waals surface area contributed by atoms with Crippen molar-refractivity contribution in [2.45, 2.75) is 219 Å². The molecule has 0 amide bonds. The molecular weight excluding hydrogens is 470 g/mol. The maximum absolute atomic E-state index is 2.47. The van der Waals surface area contributed by atoms with Gasteiger partial charge in [0.05, 0.1) is 27.2 Å². The largest absolute Gasteiger partial charge is 0.328 e. The summed E-state index contributed by atoms with van der Waals surface area (Å²) in [5, 5.41) is 0. The smallest absolute Gasteiger partial charge is 0.0782 e. The first-order chi connectivity index (χ1) is 19.1. The molecule has 0 saturated carbocycles. The third kappa shape index (κ3) is 34.1. The summed E-state index contributed by atoms with van der Waals surface area (Å²) < 4.78 is 1.25. The molecule has 0 bridgehead atoms. The molecule has 0 heterocycles. The molecule has 0 fully saturated rings. The lowest BCUT2D eigenvalue weighted by atomic mass is 10.0. The molecule has 0 aliphatic rings. The molecule has 0 rings (SSSR count). The van der Waals surface area contributed by atoms with E-state index in [9.17, 15) is 0 Å². The van der Waals surface area contributed by atoms with Crippen LogP contribution in [0, 0.1) is 0 Å². The lowest BCUT2D eigenvalue weighted by Gasteiger charge is -2.30.